The van der Waals surface area contributed by atoms with Gasteiger partial charge in [0.05, 0.1) is 13.2 Å². The fourth-order valence-corrected chi connectivity index (χ4v) is 3.84. The first-order valence-corrected chi connectivity index (χ1v) is 10.1. The molecule has 0 unspecified atom stereocenters. The van der Waals surface area contributed by atoms with Crippen LogP contribution in [0.25, 0.3) is 0 Å². The Morgan fingerprint density at radius 2 is 1.68 bits per heavy atom. The van der Waals surface area contributed by atoms with Gasteiger partial charge in [0.1, 0.15) is 18.0 Å². The molecule has 0 atom stereocenters. The van der Waals surface area contributed by atoms with Crippen LogP contribution in [0.15, 0.2) is 36.7 Å². The maximum absolute atomic E-state index is 5.43. The molecule has 28 heavy (non-hydrogen) atoms. The van der Waals surface area contributed by atoms with Gasteiger partial charge < -0.3 is 24.8 Å². The lowest BCUT2D eigenvalue weighted by atomic mass is 10.0. The maximum Gasteiger partial charge on any atom is 0.134 e. The zero-order valence-electron chi connectivity index (χ0n) is 16.8. The van der Waals surface area contributed by atoms with Crippen molar-refractivity contribution in [3.8, 4) is 0 Å². The molecule has 2 aliphatic heterocycles. The number of rotatable bonds is 5. The van der Waals surface area contributed by atoms with E-state index in [2.05, 4.69) is 74.4 Å². The molecule has 7 nitrogen and oxygen atoms in total. The molecular formula is C21H30N6O. The minimum absolute atomic E-state index is 0.449. The molecule has 2 saturated heterocycles. The van der Waals surface area contributed by atoms with Crippen LogP contribution < -0.4 is 20.0 Å². The Bertz CT molecular complexity index is 752. The average Bonchev–Trinajstić information content (AvgIpc) is 2.75. The zero-order valence-corrected chi connectivity index (χ0v) is 16.8. The minimum Gasteiger partial charge on any atom is -0.378 e. The number of aromatic nitrogens is 2. The lowest BCUT2D eigenvalue weighted by molar-refractivity contribution is 0.122. The predicted molar refractivity (Wildman–Crippen MR) is 115 cm³/mol. The number of hydrogen-bond acceptors (Lipinski definition) is 7. The van der Waals surface area contributed by atoms with Crippen molar-refractivity contribution in [3.05, 3.63) is 36.7 Å². The highest BCUT2D eigenvalue weighted by molar-refractivity contribution is 5.56. The number of nitrogens with zero attached hydrogens (tertiary/aromatic N) is 5. The van der Waals surface area contributed by atoms with Crippen molar-refractivity contribution in [2.45, 2.75) is 18.9 Å². The van der Waals surface area contributed by atoms with E-state index in [0.717, 1.165) is 63.9 Å². The van der Waals surface area contributed by atoms with Crippen LogP contribution in [-0.4, -0.2) is 69.5 Å². The summed E-state index contributed by atoms with van der Waals surface area (Å²) in [5, 5.41) is 3.61. The number of nitrogens with one attached hydrogen (secondary N) is 1. The fraction of sp³-hybridized carbons (Fsp3) is 0.524. The Labute approximate surface area is 167 Å². The number of ether oxygens (including phenoxy) is 1. The summed E-state index contributed by atoms with van der Waals surface area (Å²) in [6, 6.07) is 11.3. The molecule has 0 bridgehead atoms. The summed E-state index contributed by atoms with van der Waals surface area (Å²) in [5.41, 5.74) is 2.54. The van der Waals surface area contributed by atoms with Crippen molar-refractivity contribution in [1.82, 2.24) is 9.97 Å². The van der Waals surface area contributed by atoms with Crippen molar-refractivity contribution in [1.29, 1.82) is 0 Å². The van der Waals surface area contributed by atoms with Crippen LogP contribution in [-0.2, 0) is 4.74 Å². The Kier molecular flexibility index (Phi) is 5.81. The summed E-state index contributed by atoms with van der Waals surface area (Å²) in [6.07, 6.45) is 3.87. The maximum atomic E-state index is 5.43. The largest absolute Gasteiger partial charge is 0.378 e. The second-order valence-corrected chi connectivity index (χ2v) is 7.68. The highest BCUT2D eigenvalue weighted by Crippen LogP contribution is 2.24. The van der Waals surface area contributed by atoms with Gasteiger partial charge in [-0.3, -0.25) is 0 Å². The average molecular weight is 383 g/mol. The van der Waals surface area contributed by atoms with E-state index in [1.165, 1.54) is 11.4 Å². The normalized spacial score (nSPS) is 18.2. The molecule has 150 valence electrons. The van der Waals surface area contributed by atoms with Gasteiger partial charge in [0, 0.05) is 63.8 Å². The van der Waals surface area contributed by atoms with Gasteiger partial charge in [0.2, 0.25) is 0 Å². The number of anilines is 4. The molecule has 0 saturated carbocycles. The Morgan fingerprint density at radius 1 is 0.964 bits per heavy atom. The van der Waals surface area contributed by atoms with Gasteiger partial charge in [-0.2, -0.15) is 0 Å². The van der Waals surface area contributed by atoms with Gasteiger partial charge in [-0.05, 0) is 37.1 Å². The Hall–Kier alpha value is -2.54. The molecule has 1 aromatic heterocycles. The highest BCUT2D eigenvalue weighted by atomic mass is 16.5. The molecule has 2 aromatic rings. The first-order valence-electron chi connectivity index (χ1n) is 10.1. The van der Waals surface area contributed by atoms with Gasteiger partial charge >= 0.3 is 0 Å². The number of hydrogen-bond donors (Lipinski definition) is 1. The van der Waals surface area contributed by atoms with Gasteiger partial charge in [-0.15, -0.1) is 0 Å². The van der Waals surface area contributed by atoms with Crippen molar-refractivity contribution < 1.29 is 4.74 Å². The second-order valence-electron chi connectivity index (χ2n) is 7.68. The summed E-state index contributed by atoms with van der Waals surface area (Å²) < 4.78 is 5.43. The summed E-state index contributed by atoms with van der Waals surface area (Å²) in [4.78, 5) is 15.7. The van der Waals surface area contributed by atoms with Crippen LogP contribution in [0.1, 0.15) is 12.8 Å². The number of piperidine rings is 1. The first-order chi connectivity index (χ1) is 13.7. The van der Waals surface area contributed by atoms with Crippen molar-refractivity contribution in [2.24, 2.45) is 0 Å². The Balaban J connectivity index is 1.32. The monoisotopic (exact) mass is 382 g/mol. The molecule has 3 heterocycles. The third-order valence-corrected chi connectivity index (χ3v) is 5.57. The molecule has 2 aliphatic rings. The molecule has 7 heteroatoms. The number of morpholine rings is 1. The third-order valence-electron chi connectivity index (χ3n) is 5.57. The van der Waals surface area contributed by atoms with E-state index >= 15 is 0 Å². The zero-order chi connectivity index (χ0) is 19.3. The van der Waals surface area contributed by atoms with E-state index in [9.17, 15) is 0 Å². The molecule has 1 aromatic carbocycles. The SMILES string of the molecule is CN(C)c1ccc(N2CCC(Nc3cc(N4CCOCC4)ncn3)CC2)cc1. The fourth-order valence-electron chi connectivity index (χ4n) is 3.84. The second kappa shape index (κ2) is 8.65. The first kappa shape index (κ1) is 18.8. The van der Waals surface area contributed by atoms with Crippen molar-refractivity contribution >= 4 is 23.0 Å². The standard InChI is InChI=1S/C21H30N6O/c1-25(2)18-3-5-19(6-4-18)26-9-7-17(8-10-26)24-20-15-21(23-16-22-20)27-11-13-28-14-12-27/h3-6,15-17H,7-14H2,1-2H3,(H,22,23,24). The van der Waals surface area contributed by atoms with Gasteiger partial charge in [0.25, 0.3) is 0 Å². The number of benzene rings is 1. The Morgan fingerprint density at radius 3 is 2.36 bits per heavy atom. The van der Waals surface area contributed by atoms with Gasteiger partial charge in [0.15, 0.2) is 0 Å². The smallest absolute Gasteiger partial charge is 0.134 e. The topological polar surface area (TPSA) is 56.8 Å². The summed E-state index contributed by atoms with van der Waals surface area (Å²) in [6.45, 7) is 5.42. The van der Waals surface area contributed by atoms with E-state index in [0.29, 0.717) is 6.04 Å². The molecule has 0 radical (unpaired) electrons. The summed E-state index contributed by atoms with van der Waals surface area (Å²) in [5.74, 6) is 1.91. The van der Waals surface area contributed by atoms with Crippen LogP contribution in [0.5, 0.6) is 0 Å². The van der Waals surface area contributed by atoms with Crippen LogP contribution in [0, 0.1) is 0 Å². The molecular weight excluding hydrogens is 352 g/mol. The van der Waals surface area contributed by atoms with Crippen molar-refractivity contribution in [3.63, 3.8) is 0 Å². The van der Waals surface area contributed by atoms with E-state index < -0.39 is 0 Å². The summed E-state index contributed by atoms with van der Waals surface area (Å²) >= 11 is 0. The summed E-state index contributed by atoms with van der Waals surface area (Å²) in [7, 11) is 4.15. The third kappa shape index (κ3) is 4.47. The van der Waals surface area contributed by atoms with Crippen molar-refractivity contribution in [2.75, 3.05) is 73.5 Å². The van der Waals surface area contributed by atoms with Gasteiger partial charge in [-0.1, -0.05) is 0 Å². The lowest BCUT2D eigenvalue weighted by Gasteiger charge is -2.34. The predicted octanol–water partition coefficient (Wildman–Crippen LogP) is 2.46. The molecule has 4 rings (SSSR count). The van der Waals surface area contributed by atoms with Crippen LogP contribution in [0.4, 0.5) is 23.0 Å². The minimum atomic E-state index is 0.449. The molecule has 1 N–H and O–H groups in total. The molecule has 0 spiro atoms. The lowest BCUT2D eigenvalue weighted by Crippen LogP contribution is -2.39. The molecule has 0 amide bonds. The van der Waals surface area contributed by atoms with Crippen LogP contribution >= 0.6 is 0 Å². The van der Waals surface area contributed by atoms with E-state index in [-0.39, 0.29) is 0 Å². The van der Waals surface area contributed by atoms with E-state index in [4.69, 9.17) is 4.74 Å². The molecule has 0 aliphatic carbocycles. The highest BCUT2D eigenvalue weighted by Gasteiger charge is 2.20. The van der Waals surface area contributed by atoms with Crippen LogP contribution in [0.2, 0.25) is 0 Å². The quantitative estimate of drug-likeness (QED) is 0.852. The van der Waals surface area contributed by atoms with E-state index in [1.807, 2.05) is 0 Å². The van der Waals surface area contributed by atoms with Crippen LogP contribution in [0.3, 0.4) is 0 Å². The van der Waals surface area contributed by atoms with E-state index in [1.54, 1.807) is 6.33 Å². The molecule has 2 fully saturated rings. The van der Waals surface area contributed by atoms with Gasteiger partial charge in [-0.25, -0.2) is 9.97 Å².